The molecule has 0 spiro atoms. The number of carbonyl (C=O) groups excluding carboxylic acids is 1. The fourth-order valence-electron chi connectivity index (χ4n) is 3.91. The largest absolute Gasteiger partial charge is 0.428 e. The van der Waals surface area contributed by atoms with E-state index < -0.39 is 44.8 Å². The second-order valence-corrected chi connectivity index (χ2v) is 9.02. The van der Waals surface area contributed by atoms with Crippen LogP contribution in [-0.4, -0.2) is 30.1 Å². The van der Waals surface area contributed by atoms with Gasteiger partial charge in [0.05, 0.1) is 34.4 Å². The van der Waals surface area contributed by atoms with Crippen LogP contribution in [0.5, 0.6) is 0 Å². The number of carbonyl (C=O) groups is 1. The van der Waals surface area contributed by atoms with E-state index in [9.17, 15) is 35.5 Å². The first kappa shape index (κ1) is 25.6. The van der Waals surface area contributed by atoms with E-state index in [2.05, 4.69) is 5.48 Å². The molecule has 1 atom stereocenters. The molecule has 0 bridgehead atoms. The number of halogens is 9. The van der Waals surface area contributed by atoms with Gasteiger partial charge in [-0.3, -0.25) is 15.1 Å². The van der Waals surface area contributed by atoms with Crippen molar-refractivity contribution >= 4 is 34.8 Å². The summed E-state index contributed by atoms with van der Waals surface area (Å²) in [6.07, 6.45) is -9.69. The van der Waals surface area contributed by atoms with Crippen LogP contribution in [0.1, 0.15) is 29.2 Å². The van der Waals surface area contributed by atoms with Crippen LogP contribution in [0, 0.1) is 0 Å². The molecule has 2 aromatic carbocycles. The maximum atomic E-state index is 15.0. The van der Waals surface area contributed by atoms with Gasteiger partial charge in [0.15, 0.2) is 5.67 Å². The lowest BCUT2D eigenvalue weighted by Gasteiger charge is -2.44. The highest BCUT2D eigenvalue weighted by Crippen LogP contribution is 2.50. The van der Waals surface area contributed by atoms with Crippen LogP contribution in [0.2, 0.25) is 10.0 Å². The monoisotopic (exact) mass is 542 g/mol. The highest BCUT2D eigenvalue weighted by molar-refractivity contribution is 6.42. The Morgan fingerprint density at radius 3 is 2.14 bits per heavy atom. The number of hydroxylamine groups is 1. The van der Waals surface area contributed by atoms with Crippen molar-refractivity contribution in [2.45, 2.75) is 30.5 Å². The number of nitrogens with one attached hydrogen (secondary N) is 1. The molecule has 0 aromatic heterocycles. The molecule has 2 aromatic rings. The molecular weight excluding hydrogens is 528 g/mol. The molecule has 0 saturated carbocycles. The Kier molecular flexibility index (Phi) is 6.05. The fraction of sp³-hybridized carbons (Fsp3) is 0.318. The van der Waals surface area contributed by atoms with Crippen LogP contribution in [0.25, 0.3) is 5.70 Å². The van der Waals surface area contributed by atoms with Gasteiger partial charge in [-0.25, -0.2) is 4.39 Å². The van der Waals surface area contributed by atoms with Crippen molar-refractivity contribution < 1.29 is 40.4 Å². The standard InChI is InChI=1S/C22H15Cl2F7N2O2/c1-11(34)33-9-19(25,10-33)13-4-2-12(3-5-13)17-8-20(35-32-17,22(29,30)31)14-6-15(21(26,27)28)18(24)16(23)7-14/h2-8,32H,9-10H2,1H3. The number of hydrogen-bond acceptors (Lipinski definition) is 3. The third-order valence-corrected chi connectivity index (χ3v) is 6.70. The first-order valence-corrected chi connectivity index (χ1v) is 10.7. The van der Waals surface area contributed by atoms with Crippen LogP contribution < -0.4 is 5.48 Å². The van der Waals surface area contributed by atoms with Crippen molar-refractivity contribution in [2.75, 3.05) is 13.1 Å². The highest BCUT2D eigenvalue weighted by Gasteiger charge is 2.60. The van der Waals surface area contributed by atoms with Gasteiger partial charge in [0.2, 0.25) is 11.5 Å². The second-order valence-electron chi connectivity index (χ2n) is 8.23. The van der Waals surface area contributed by atoms with Crippen molar-refractivity contribution in [1.82, 2.24) is 10.4 Å². The molecule has 1 N–H and O–H groups in total. The summed E-state index contributed by atoms with van der Waals surface area (Å²) >= 11 is 11.3. The second kappa shape index (κ2) is 8.28. The van der Waals surface area contributed by atoms with Gasteiger partial charge in [-0.2, -0.15) is 26.3 Å². The number of alkyl halides is 7. The van der Waals surface area contributed by atoms with Gasteiger partial charge in [0.25, 0.3) is 0 Å². The van der Waals surface area contributed by atoms with Crippen molar-refractivity contribution in [3.8, 4) is 0 Å². The quantitative estimate of drug-likeness (QED) is 0.458. The normalized spacial score (nSPS) is 21.9. The summed E-state index contributed by atoms with van der Waals surface area (Å²) in [5, 5.41) is -1.67. The van der Waals surface area contributed by atoms with Crippen LogP contribution in [0.3, 0.4) is 0 Å². The molecule has 13 heteroatoms. The summed E-state index contributed by atoms with van der Waals surface area (Å²) < 4.78 is 97.5. The van der Waals surface area contributed by atoms with Crippen molar-refractivity contribution in [2.24, 2.45) is 0 Å². The summed E-state index contributed by atoms with van der Waals surface area (Å²) in [5.41, 5.74) is -5.31. The van der Waals surface area contributed by atoms with E-state index in [0.717, 1.165) is 0 Å². The summed E-state index contributed by atoms with van der Waals surface area (Å²) in [5.74, 6) is -0.285. The molecule has 4 rings (SSSR count). The Morgan fingerprint density at radius 1 is 1.03 bits per heavy atom. The minimum Gasteiger partial charge on any atom is -0.336 e. The van der Waals surface area contributed by atoms with Crippen molar-refractivity contribution in [3.63, 3.8) is 0 Å². The van der Waals surface area contributed by atoms with Crippen LogP contribution in [-0.2, 0) is 27.1 Å². The van der Waals surface area contributed by atoms with Gasteiger partial charge >= 0.3 is 12.4 Å². The van der Waals surface area contributed by atoms with Gasteiger partial charge in [0.1, 0.15) is 0 Å². The Balaban J connectivity index is 1.71. The Hall–Kier alpha value is -2.50. The summed E-state index contributed by atoms with van der Waals surface area (Å²) in [4.78, 5) is 17.4. The average molecular weight is 543 g/mol. The first-order valence-electron chi connectivity index (χ1n) is 9.93. The molecule has 1 saturated heterocycles. The van der Waals surface area contributed by atoms with Gasteiger partial charge < -0.3 is 4.90 Å². The minimum atomic E-state index is -5.20. The molecule has 1 amide bonds. The zero-order valence-corrected chi connectivity index (χ0v) is 19.1. The Labute approximate surface area is 204 Å². The smallest absolute Gasteiger partial charge is 0.336 e. The number of hydrogen-bond donors (Lipinski definition) is 1. The minimum absolute atomic E-state index is 0.151. The van der Waals surface area contributed by atoms with Gasteiger partial charge in [-0.05, 0) is 29.3 Å². The number of benzene rings is 2. The van der Waals surface area contributed by atoms with Crippen LogP contribution in [0.4, 0.5) is 30.7 Å². The Bertz CT molecular complexity index is 1210. The summed E-state index contributed by atoms with van der Waals surface area (Å²) in [6, 6.07) is 6.25. The maximum absolute atomic E-state index is 15.0. The topological polar surface area (TPSA) is 41.6 Å². The first-order chi connectivity index (χ1) is 16.1. The molecule has 1 fully saturated rings. The highest BCUT2D eigenvalue weighted by atomic mass is 35.5. The molecule has 0 aliphatic carbocycles. The average Bonchev–Trinajstić information content (AvgIpc) is 3.19. The molecule has 4 nitrogen and oxygen atoms in total. The zero-order chi connectivity index (χ0) is 26.0. The lowest BCUT2D eigenvalue weighted by atomic mass is 9.87. The predicted octanol–water partition coefficient (Wildman–Crippen LogP) is 6.37. The lowest BCUT2D eigenvalue weighted by molar-refractivity contribution is -0.269. The van der Waals surface area contributed by atoms with E-state index in [4.69, 9.17) is 28.0 Å². The number of nitrogens with zero attached hydrogens (tertiary/aromatic N) is 1. The fourth-order valence-corrected chi connectivity index (χ4v) is 4.34. The molecule has 2 aliphatic heterocycles. The van der Waals surface area contributed by atoms with E-state index in [-0.39, 0.29) is 41.9 Å². The zero-order valence-electron chi connectivity index (χ0n) is 17.6. The molecule has 2 heterocycles. The third-order valence-electron chi connectivity index (χ3n) is 5.89. The molecule has 1 unspecified atom stereocenters. The SMILES string of the molecule is CC(=O)N1CC(F)(c2ccc(C3=CC(c4cc(Cl)c(Cl)c(C(F)(F)F)c4)(C(F)(F)F)ON3)cc2)C1. The molecule has 188 valence electrons. The van der Waals surface area contributed by atoms with E-state index in [1.807, 2.05) is 0 Å². The van der Waals surface area contributed by atoms with Crippen LogP contribution in [0.15, 0.2) is 42.5 Å². The maximum Gasteiger partial charge on any atom is 0.428 e. The predicted molar refractivity (Wildman–Crippen MR) is 113 cm³/mol. The van der Waals surface area contributed by atoms with Crippen molar-refractivity contribution in [3.05, 3.63) is 74.8 Å². The van der Waals surface area contributed by atoms with E-state index >= 15 is 0 Å². The molecular formula is C22H15Cl2F7N2O2. The van der Waals surface area contributed by atoms with E-state index in [0.29, 0.717) is 12.1 Å². The summed E-state index contributed by atoms with van der Waals surface area (Å²) in [6.45, 7) is 1.00. The molecule has 0 radical (unpaired) electrons. The molecule has 2 aliphatic rings. The number of likely N-dealkylation sites (tertiary alicyclic amines) is 1. The Morgan fingerprint density at radius 2 is 1.63 bits per heavy atom. The van der Waals surface area contributed by atoms with Crippen LogP contribution >= 0.6 is 23.2 Å². The summed E-state index contributed by atoms with van der Waals surface area (Å²) in [7, 11) is 0. The van der Waals surface area contributed by atoms with Gasteiger partial charge in [-0.15, -0.1) is 0 Å². The van der Waals surface area contributed by atoms with Crippen molar-refractivity contribution in [1.29, 1.82) is 0 Å². The number of rotatable bonds is 3. The van der Waals surface area contributed by atoms with E-state index in [1.54, 1.807) is 0 Å². The van der Waals surface area contributed by atoms with Gasteiger partial charge in [0, 0.05) is 12.5 Å². The number of amides is 1. The molecule has 35 heavy (non-hydrogen) atoms. The van der Waals surface area contributed by atoms with E-state index in [1.165, 1.54) is 36.1 Å². The third kappa shape index (κ3) is 4.34. The lowest BCUT2D eigenvalue weighted by Crippen LogP contribution is -2.58. The van der Waals surface area contributed by atoms with Gasteiger partial charge in [-0.1, -0.05) is 47.5 Å².